The third kappa shape index (κ3) is 14.7. The van der Waals surface area contributed by atoms with Crippen molar-refractivity contribution >= 4 is 63.3 Å². The number of ether oxygens (including phenoxy) is 12. The summed E-state index contributed by atoms with van der Waals surface area (Å²) in [6.07, 6.45) is -18.8. The van der Waals surface area contributed by atoms with Gasteiger partial charge < -0.3 is 66.4 Å². The van der Waals surface area contributed by atoms with Crippen molar-refractivity contribution in [2.75, 3.05) is 20.3 Å². The molecule has 2 aliphatic rings. The topological polar surface area (TPSA) is 281 Å². The molecule has 474 valence electrons. The smallest absolute Gasteiger partial charge is 0.347 e. The van der Waals surface area contributed by atoms with Crippen molar-refractivity contribution in [1.82, 2.24) is 0 Å². The van der Waals surface area contributed by atoms with E-state index in [1.165, 1.54) is 86.0 Å². The molecule has 0 bridgehead atoms. The highest BCUT2D eigenvalue weighted by atomic mass is 16.8. The Bertz CT molecular complexity index is 4230. The van der Waals surface area contributed by atoms with Crippen LogP contribution in [0.25, 0.3) is 21.5 Å². The highest BCUT2D eigenvalue weighted by molar-refractivity contribution is 6.08. The summed E-state index contributed by atoms with van der Waals surface area (Å²) < 4.78 is 81.3. The number of aryl methyl sites for hydroxylation is 1. The van der Waals surface area contributed by atoms with E-state index in [2.05, 4.69) is 0 Å². The minimum atomic E-state index is -2.02. The van der Waals surface area contributed by atoms with Crippen molar-refractivity contribution in [3.63, 3.8) is 0 Å². The van der Waals surface area contributed by atoms with E-state index in [9.17, 15) is 43.5 Å². The molecule has 10 atom stereocenters. The summed E-state index contributed by atoms with van der Waals surface area (Å²) in [5.41, 5.74) is -0.891. The molecule has 22 heteroatoms. The lowest BCUT2D eigenvalue weighted by atomic mass is 9.96. The SMILES string of the molecule is COc1cc(O[C@@H]2O[C@H](CO[C@@H]3O[C@H](COC(C)=O)[C@@H](OC(=O)c4ccccc4)[C@H](OC(=O)c4ccccc4)[C@H]3OC(=O)c3ccccc3)[C@@H](OC(=O)c3ccccc3)[C@H](OC(=O)c3ccccc3)[C@H]2OC(=O)c2ccccc2)c2c(O)c3c(=O)oc(C)cc3cc2c1. The maximum atomic E-state index is 14.7. The molecule has 22 nitrogen and oxygen atoms in total. The van der Waals surface area contributed by atoms with E-state index in [1.807, 2.05) is 0 Å². The zero-order valence-electron chi connectivity index (χ0n) is 49.8. The predicted octanol–water partition coefficient (Wildman–Crippen LogP) is 9.73. The third-order valence-corrected chi connectivity index (χ3v) is 15.0. The summed E-state index contributed by atoms with van der Waals surface area (Å²) in [5.74, 6) is -7.35. The van der Waals surface area contributed by atoms with Gasteiger partial charge in [-0.2, -0.15) is 0 Å². The number of carbonyl (C=O) groups excluding carboxylic acids is 7. The van der Waals surface area contributed by atoms with Crippen LogP contribution in [0.15, 0.2) is 215 Å². The number of fused-ring (bicyclic) bond motifs is 2. The maximum Gasteiger partial charge on any atom is 0.347 e. The molecule has 0 aliphatic carbocycles. The number of aromatic hydroxyl groups is 1. The highest BCUT2D eigenvalue weighted by Crippen LogP contribution is 2.43. The summed E-state index contributed by atoms with van der Waals surface area (Å²) in [4.78, 5) is 113. The van der Waals surface area contributed by atoms with Crippen LogP contribution in [0.2, 0.25) is 0 Å². The number of phenols is 1. The summed E-state index contributed by atoms with van der Waals surface area (Å²) in [6, 6.07) is 52.0. The number of rotatable bonds is 20. The molecule has 93 heavy (non-hydrogen) atoms. The van der Waals surface area contributed by atoms with Gasteiger partial charge in [-0.3, -0.25) is 4.79 Å². The summed E-state index contributed by atoms with van der Waals surface area (Å²) in [7, 11) is 1.36. The summed E-state index contributed by atoms with van der Waals surface area (Å²) in [6.45, 7) is 1.08. The van der Waals surface area contributed by atoms with Crippen LogP contribution in [0.5, 0.6) is 17.2 Å². The first-order valence-electron chi connectivity index (χ1n) is 29.2. The number of hydrogen-bond donors (Lipinski definition) is 1. The Morgan fingerprint density at radius 1 is 0.430 bits per heavy atom. The number of benzene rings is 8. The summed E-state index contributed by atoms with van der Waals surface area (Å²) in [5, 5.41) is 12.4. The molecular weight excluding hydrogens is 1200 g/mol. The summed E-state index contributed by atoms with van der Waals surface area (Å²) >= 11 is 0. The van der Waals surface area contributed by atoms with E-state index in [0.717, 1.165) is 6.92 Å². The van der Waals surface area contributed by atoms with Gasteiger partial charge in [0, 0.05) is 13.0 Å². The number of esters is 7. The molecule has 11 rings (SSSR count). The van der Waals surface area contributed by atoms with Crippen molar-refractivity contribution in [2.45, 2.75) is 75.3 Å². The lowest BCUT2D eigenvalue weighted by Crippen LogP contribution is -2.65. The molecule has 2 aliphatic heterocycles. The zero-order chi connectivity index (χ0) is 65.1. The Morgan fingerprint density at radius 2 is 0.785 bits per heavy atom. The van der Waals surface area contributed by atoms with Gasteiger partial charge in [-0.25, -0.2) is 33.6 Å². The van der Waals surface area contributed by atoms with E-state index in [1.54, 1.807) is 134 Å². The molecule has 8 aromatic carbocycles. The first kappa shape index (κ1) is 63.4. The van der Waals surface area contributed by atoms with Gasteiger partial charge in [-0.15, -0.1) is 0 Å². The van der Waals surface area contributed by atoms with Gasteiger partial charge in [-0.1, -0.05) is 109 Å². The zero-order valence-corrected chi connectivity index (χ0v) is 49.8. The predicted molar refractivity (Wildman–Crippen MR) is 327 cm³/mol. The fourth-order valence-corrected chi connectivity index (χ4v) is 10.6. The number of carbonyl (C=O) groups is 7. The van der Waals surface area contributed by atoms with Gasteiger partial charge >= 0.3 is 47.4 Å². The molecule has 1 aromatic heterocycles. The average Bonchev–Trinajstić information content (AvgIpc) is 0.765. The molecule has 0 saturated carbocycles. The van der Waals surface area contributed by atoms with Gasteiger partial charge in [0.15, 0.2) is 36.8 Å². The second kappa shape index (κ2) is 28.7. The van der Waals surface area contributed by atoms with Crippen molar-refractivity contribution in [3.05, 3.63) is 256 Å². The second-order valence-electron chi connectivity index (χ2n) is 21.3. The van der Waals surface area contributed by atoms with Crippen molar-refractivity contribution < 1.29 is 99.9 Å². The Kier molecular flexibility index (Phi) is 19.6. The lowest BCUT2D eigenvalue weighted by Gasteiger charge is -2.46. The molecule has 3 heterocycles. The molecule has 0 amide bonds. The Balaban J connectivity index is 1.07. The average molecular weight is 1260 g/mol. The highest BCUT2D eigenvalue weighted by Gasteiger charge is 2.57. The second-order valence-corrected chi connectivity index (χ2v) is 21.3. The molecule has 1 N–H and O–H groups in total. The maximum absolute atomic E-state index is 14.7. The van der Waals surface area contributed by atoms with Crippen LogP contribution in [0, 0.1) is 6.92 Å². The quantitative estimate of drug-likeness (QED) is 0.0422. The molecule has 2 saturated heterocycles. The van der Waals surface area contributed by atoms with E-state index in [4.69, 9.17) is 61.3 Å². The van der Waals surface area contributed by atoms with Crippen LogP contribution in [-0.2, 0) is 52.2 Å². The Hall–Kier alpha value is -11.2. The standard InChI is InChI=1S/C71H58O22/c1-40-34-48-35-49-36-50(81-3)37-51(54(49)56(73)55(48)69(80)84-40)85-71-62(93-68(79)47-32-20-9-21-33-47)60(91-66(77)45-28-16-7-17-29-45)58(89-64(75)43-24-12-5-13-25-43)53(87-71)39-83-70-61(92-67(78)46-30-18-8-19-31-46)59(90-65(76)44-26-14-6-15-27-44)57(52(86-70)38-82-41(2)72)88-63(74)42-22-10-4-11-23-42/h4-37,52-53,57-62,70-71,73H,38-39H2,1-3H3/t52-,53-,57-,58-,59+,60+,61-,62-,70-,71-/m1/s1. The normalized spacial score (nSPS) is 20.8. The first-order chi connectivity index (χ1) is 45.1. The minimum Gasteiger partial charge on any atom is -0.506 e. The molecule has 0 radical (unpaired) electrons. The Morgan fingerprint density at radius 3 is 1.18 bits per heavy atom. The molecule has 9 aromatic rings. The molecular formula is C71H58O22. The van der Waals surface area contributed by atoms with Gasteiger partial charge in [0.2, 0.25) is 12.4 Å². The van der Waals surface area contributed by atoms with Gasteiger partial charge in [-0.05, 0) is 109 Å². The van der Waals surface area contributed by atoms with Crippen LogP contribution < -0.4 is 15.1 Å². The fourth-order valence-electron chi connectivity index (χ4n) is 10.6. The minimum absolute atomic E-state index is 0.00486. The van der Waals surface area contributed by atoms with Crippen molar-refractivity contribution in [1.29, 1.82) is 0 Å². The fraction of sp³-hybridized carbons (Fsp3) is 0.211. The third-order valence-electron chi connectivity index (χ3n) is 15.0. The van der Waals surface area contributed by atoms with Crippen LogP contribution in [0.1, 0.15) is 74.8 Å². The van der Waals surface area contributed by atoms with Crippen molar-refractivity contribution in [2.24, 2.45) is 0 Å². The van der Waals surface area contributed by atoms with E-state index < -0.39 is 128 Å². The van der Waals surface area contributed by atoms with Crippen LogP contribution in [0.3, 0.4) is 0 Å². The van der Waals surface area contributed by atoms with E-state index in [-0.39, 0.29) is 72.2 Å². The van der Waals surface area contributed by atoms with Crippen LogP contribution in [0.4, 0.5) is 0 Å². The number of phenolic OH excluding ortho intramolecular Hbond substituents is 1. The lowest BCUT2D eigenvalue weighted by molar-refractivity contribution is -0.320. The van der Waals surface area contributed by atoms with Gasteiger partial charge in [0.1, 0.15) is 47.2 Å². The number of hydrogen-bond acceptors (Lipinski definition) is 22. The van der Waals surface area contributed by atoms with Gasteiger partial charge in [0.25, 0.3) is 0 Å². The largest absolute Gasteiger partial charge is 0.506 e. The monoisotopic (exact) mass is 1260 g/mol. The number of methoxy groups -OCH3 is 1. The first-order valence-corrected chi connectivity index (χ1v) is 29.2. The Labute approximate surface area is 529 Å². The van der Waals surface area contributed by atoms with Gasteiger partial charge in [0.05, 0.1) is 52.5 Å². The molecule has 2 fully saturated rings. The van der Waals surface area contributed by atoms with E-state index in [0.29, 0.717) is 0 Å². The molecule has 0 unspecified atom stereocenters. The van der Waals surface area contributed by atoms with Crippen molar-refractivity contribution in [3.8, 4) is 17.2 Å². The van der Waals surface area contributed by atoms with Crippen LogP contribution >= 0.6 is 0 Å². The van der Waals surface area contributed by atoms with Crippen LogP contribution in [-0.4, -0.2) is 129 Å². The molecule has 0 spiro atoms. The van der Waals surface area contributed by atoms with E-state index >= 15 is 0 Å².